The van der Waals surface area contributed by atoms with Gasteiger partial charge in [-0.2, -0.15) is 0 Å². The van der Waals surface area contributed by atoms with Gasteiger partial charge < -0.3 is 14.8 Å². The van der Waals surface area contributed by atoms with Gasteiger partial charge in [-0.05, 0) is 61.9 Å². The highest BCUT2D eigenvalue weighted by Gasteiger charge is 2.26. The molecule has 0 bridgehead atoms. The number of rotatable bonds is 5. The monoisotopic (exact) mass is 395 g/mol. The molecule has 1 saturated carbocycles. The molecule has 29 heavy (non-hydrogen) atoms. The van der Waals surface area contributed by atoms with E-state index in [1.807, 2.05) is 18.2 Å². The van der Waals surface area contributed by atoms with Crippen molar-refractivity contribution in [3.8, 4) is 11.5 Å². The van der Waals surface area contributed by atoms with E-state index in [0.717, 1.165) is 29.9 Å². The first-order valence-electron chi connectivity index (χ1n) is 10.2. The molecule has 2 aliphatic rings. The molecule has 4 rings (SSSR count). The molecule has 0 radical (unpaired) electrons. The standard InChI is InChI=1S/C24H26FNO3/c1-28-22-11-10-16(14-23(22)29-20-7-3-4-8-20)19-13-18(24(27)26-15-19)12-17-6-2-5-9-21(17)25/h2,5-6,9-12,14,19-20H,3-4,7-8,13,15H2,1H3,(H,26,27)/b18-12+/t19-/m1/s1. The molecule has 1 amide bonds. The number of hydrogen-bond donors (Lipinski definition) is 1. The first-order chi connectivity index (χ1) is 14.1. The molecule has 4 nitrogen and oxygen atoms in total. The minimum atomic E-state index is -0.327. The highest BCUT2D eigenvalue weighted by Crippen LogP contribution is 2.36. The summed E-state index contributed by atoms with van der Waals surface area (Å²) >= 11 is 0. The molecule has 0 spiro atoms. The normalized spacial score (nSPS) is 21.2. The average Bonchev–Trinajstić information content (AvgIpc) is 3.24. The predicted molar refractivity (Wildman–Crippen MR) is 111 cm³/mol. The summed E-state index contributed by atoms with van der Waals surface area (Å²) in [5.74, 6) is 1.12. The topological polar surface area (TPSA) is 47.6 Å². The Morgan fingerprint density at radius 2 is 1.90 bits per heavy atom. The first-order valence-corrected chi connectivity index (χ1v) is 10.2. The summed E-state index contributed by atoms with van der Waals surface area (Å²) in [6.45, 7) is 0.544. The van der Waals surface area contributed by atoms with Gasteiger partial charge in [0, 0.05) is 23.6 Å². The molecule has 2 fully saturated rings. The maximum Gasteiger partial charge on any atom is 0.247 e. The summed E-state index contributed by atoms with van der Waals surface area (Å²) in [7, 11) is 1.65. The van der Waals surface area contributed by atoms with E-state index in [1.165, 1.54) is 18.9 Å². The Bertz CT molecular complexity index is 918. The summed E-state index contributed by atoms with van der Waals surface area (Å²) in [6.07, 6.45) is 6.98. The van der Waals surface area contributed by atoms with Crippen LogP contribution in [0.3, 0.4) is 0 Å². The molecule has 1 aliphatic carbocycles. The van der Waals surface area contributed by atoms with Crippen LogP contribution in [0.25, 0.3) is 6.08 Å². The summed E-state index contributed by atoms with van der Waals surface area (Å²) < 4.78 is 25.7. The molecule has 0 aromatic heterocycles. The Balaban J connectivity index is 1.57. The van der Waals surface area contributed by atoms with Crippen LogP contribution in [0.1, 0.15) is 49.1 Å². The molecule has 1 aliphatic heterocycles. The third-order valence-electron chi connectivity index (χ3n) is 5.76. The number of methoxy groups -OCH3 is 1. The second-order valence-corrected chi connectivity index (χ2v) is 7.74. The van der Waals surface area contributed by atoms with E-state index in [-0.39, 0.29) is 23.7 Å². The number of hydrogen-bond acceptors (Lipinski definition) is 3. The van der Waals surface area contributed by atoms with Crippen LogP contribution in [0.15, 0.2) is 48.0 Å². The predicted octanol–water partition coefficient (Wildman–Crippen LogP) is 4.84. The summed E-state index contributed by atoms with van der Waals surface area (Å²) in [5, 5.41) is 2.94. The molecule has 1 saturated heterocycles. The van der Waals surface area contributed by atoms with Gasteiger partial charge in [-0.3, -0.25) is 4.79 Å². The van der Waals surface area contributed by atoms with Crippen LogP contribution >= 0.6 is 0 Å². The lowest BCUT2D eigenvalue weighted by Crippen LogP contribution is -2.35. The lowest BCUT2D eigenvalue weighted by molar-refractivity contribution is -0.118. The fourth-order valence-electron chi connectivity index (χ4n) is 4.12. The van der Waals surface area contributed by atoms with Crippen LogP contribution in [0, 0.1) is 5.82 Å². The fraction of sp³-hybridized carbons (Fsp3) is 0.375. The second-order valence-electron chi connectivity index (χ2n) is 7.74. The van der Waals surface area contributed by atoms with Gasteiger partial charge in [-0.15, -0.1) is 0 Å². The maximum atomic E-state index is 14.0. The number of halogens is 1. The zero-order valence-corrected chi connectivity index (χ0v) is 16.6. The third-order valence-corrected chi connectivity index (χ3v) is 5.76. The van der Waals surface area contributed by atoms with Crippen molar-refractivity contribution >= 4 is 12.0 Å². The van der Waals surface area contributed by atoms with Crippen LogP contribution in [-0.4, -0.2) is 25.7 Å². The molecule has 2 aromatic rings. The molecular formula is C24H26FNO3. The molecule has 0 unspecified atom stereocenters. The highest BCUT2D eigenvalue weighted by molar-refractivity contribution is 5.98. The number of amides is 1. The lowest BCUT2D eigenvalue weighted by atomic mass is 9.87. The van der Waals surface area contributed by atoms with Crippen LogP contribution in [-0.2, 0) is 4.79 Å². The number of nitrogens with one attached hydrogen (secondary N) is 1. The number of carbonyl (C=O) groups is 1. The largest absolute Gasteiger partial charge is 0.493 e. The summed E-state index contributed by atoms with van der Waals surface area (Å²) in [6, 6.07) is 12.5. The molecule has 1 N–H and O–H groups in total. The van der Waals surface area contributed by atoms with Crippen LogP contribution in [0.2, 0.25) is 0 Å². The van der Waals surface area contributed by atoms with Gasteiger partial charge in [-0.25, -0.2) is 4.39 Å². The van der Waals surface area contributed by atoms with Gasteiger partial charge in [0.25, 0.3) is 0 Å². The summed E-state index contributed by atoms with van der Waals surface area (Å²) in [4.78, 5) is 12.3. The highest BCUT2D eigenvalue weighted by atomic mass is 19.1. The van der Waals surface area contributed by atoms with E-state index in [9.17, 15) is 9.18 Å². The van der Waals surface area contributed by atoms with Crippen LogP contribution in [0.4, 0.5) is 4.39 Å². The van der Waals surface area contributed by atoms with Gasteiger partial charge in [0.1, 0.15) is 5.82 Å². The van der Waals surface area contributed by atoms with E-state index in [4.69, 9.17) is 9.47 Å². The Hall–Kier alpha value is -2.82. The number of carbonyl (C=O) groups excluding carboxylic acids is 1. The molecule has 1 heterocycles. The summed E-state index contributed by atoms with van der Waals surface area (Å²) in [5.41, 5.74) is 2.09. The number of piperidine rings is 1. The van der Waals surface area contributed by atoms with Gasteiger partial charge in [0.2, 0.25) is 5.91 Å². The van der Waals surface area contributed by atoms with Crippen molar-refractivity contribution in [2.75, 3.05) is 13.7 Å². The van der Waals surface area contributed by atoms with Crippen molar-refractivity contribution in [2.24, 2.45) is 0 Å². The second kappa shape index (κ2) is 8.68. The molecule has 152 valence electrons. The van der Waals surface area contributed by atoms with Gasteiger partial charge in [0.15, 0.2) is 11.5 Å². The van der Waals surface area contributed by atoms with Gasteiger partial charge in [-0.1, -0.05) is 24.3 Å². The van der Waals surface area contributed by atoms with Crippen molar-refractivity contribution in [1.29, 1.82) is 0 Å². The van der Waals surface area contributed by atoms with Crippen molar-refractivity contribution in [3.63, 3.8) is 0 Å². The molecule has 2 aromatic carbocycles. The molecule has 5 heteroatoms. The SMILES string of the molecule is COc1ccc([C@H]2CNC(=O)/C(=C/c3ccccc3F)C2)cc1OC1CCCC1. The number of ether oxygens (including phenoxy) is 2. The Kier molecular flexibility index (Phi) is 5.84. The van der Waals surface area contributed by atoms with Crippen molar-refractivity contribution in [1.82, 2.24) is 5.32 Å². The fourth-order valence-corrected chi connectivity index (χ4v) is 4.12. The van der Waals surface area contributed by atoms with E-state index in [0.29, 0.717) is 24.1 Å². The number of benzene rings is 2. The van der Waals surface area contributed by atoms with Gasteiger partial charge in [0.05, 0.1) is 13.2 Å². The zero-order chi connectivity index (χ0) is 20.2. The minimum Gasteiger partial charge on any atom is -0.493 e. The van der Waals surface area contributed by atoms with Crippen LogP contribution < -0.4 is 14.8 Å². The van der Waals surface area contributed by atoms with Crippen LogP contribution in [0.5, 0.6) is 11.5 Å². The molecular weight excluding hydrogens is 369 g/mol. The Morgan fingerprint density at radius 1 is 1.10 bits per heavy atom. The lowest BCUT2D eigenvalue weighted by Gasteiger charge is -2.26. The van der Waals surface area contributed by atoms with Gasteiger partial charge >= 0.3 is 0 Å². The smallest absolute Gasteiger partial charge is 0.247 e. The van der Waals surface area contributed by atoms with E-state index < -0.39 is 0 Å². The van der Waals surface area contributed by atoms with Crippen molar-refractivity contribution in [3.05, 3.63) is 65.0 Å². The zero-order valence-electron chi connectivity index (χ0n) is 16.6. The quantitative estimate of drug-likeness (QED) is 0.737. The molecule has 1 atom stereocenters. The van der Waals surface area contributed by atoms with E-state index in [2.05, 4.69) is 5.32 Å². The average molecular weight is 395 g/mol. The third kappa shape index (κ3) is 4.44. The Labute approximate surface area is 170 Å². The Morgan fingerprint density at radius 3 is 2.66 bits per heavy atom. The van der Waals surface area contributed by atoms with E-state index in [1.54, 1.807) is 31.4 Å². The first kappa shape index (κ1) is 19.5. The van der Waals surface area contributed by atoms with Crippen molar-refractivity contribution in [2.45, 2.75) is 44.1 Å². The minimum absolute atomic E-state index is 0.0996. The maximum absolute atomic E-state index is 14.0. The van der Waals surface area contributed by atoms with Crippen molar-refractivity contribution < 1.29 is 18.7 Å². The van der Waals surface area contributed by atoms with E-state index >= 15 is 0 Å².